The minimum Gasteiger partial charge on any atom is -0.505 e. The zero-order valence-corrected chi connectivity index (χ0v) is 52.3. The number of esters is 2. The Hall–Kier alpha value is -10.5. The van der Waals surface area contributed by atoms with Gasteiger partial charge in [0.2, 0.25) is 23.6 Å². The molecule has 0 radical (unpaired) electrons. The number of aliphatic imine (C=N–C) groups is 1. The minimum atomic E-state index is -0.999. The van der Waals surface area contributed by atoms with Crippen molar-refractivity contribution in [2.24, 2.45) is 4.99 Å². The Labute approximate surface area is 527 Å². The van der Waals surface area contributed by atoms with E-state index >= 15 is 0 Å². The van der Waals surface area contributed by atoms with Crippen LogP contribution in [0.3, 0.4) is 0 Å². The third kappa shape index (κ3) is 12.8. The van der Waals surface area contributed by atoms with Crippen molar-refractivity contribution in [2.45, 2.75) is 96.6 Å². The number of benzene rings is 7. The van der Waals surface area contributed by atoms with E-state index in [0.717, 1.165) is 38.5 Å². The molecule has 480 valence electrons. The van der Waals surface area contributed by atoms with Gasteiger partial charge in [0.15, 0.2) is 28.1 Å². The van der Waals surface area contributed by atoms with Crippen LogP contribution in [0.15, 0.2) is 93.2 Å². The monoisotopic (exact) mass is 1250 g/mol. The quantitative estimate of drug-likeness (QED) is 0.00543. The number of H-pyrrole nitrogens is 2. The fraction of sp³-hybridized carbons (Fsp3) is 0.348. The molecule has 2 aromatic heterocycles. The van der Waals surface area contributed by atoms with Crippen molar-refractivity contribution < 1.29 is 62.7 Å². The molecule has 23 nitrogen and oxygen atoms in total. The number of anilines is 1. The lowest BCUT2D eigenvalue weighted by atomic mass is 9.82. The molecule has 9 aromatic rings. The van der Waals surface area contributed by atoms with E-state index in [2.05, 4.69) is 36.6 Å². The van der Waals surface area contributed by atoms with E-state index in [-0.39, 0.29) is 103 Å². The predicted molar refractivity (Wildman–Crippen MR) is 352 cm³/mol. The molecule has 4 amide bonds. The largest absolute Gasteiger partial charge is 0.505 e. The van der Waals surface area contributed by atoms with Crippen LogP contribution in [0.2, 0.25) is 0 Å². The number of amides is 4. The van der Waals surface area contributed by atoms with E-state index < -0.39 is 52.4 Å². The van der Waals surface area contributed by atoms with E-state index in [0.29, 0.717) is 99.8 Å². The first kappa shape index (κ1) is 64.5. The van der Waals surface area contributed by atoms with Crippen molar-refractivity contribution in [3.05, 3.63) is 121 Å². The van der Waals surface area contributed by atoms with Gasteiger partial charge in [0.1, 0.15) is 36.7 Å². The third-order valence-corrected chi connectivity index (χ3v) is 17.2. The SMILES string of the molecule is COC(=O)CNC(=O)[C@H](Cc1c[nH]c2ccccc12)NC(=O)CCCCCN=C(C)C1=C(C)Cc2c(NCCCCCC(=O)N[C@@H](Cc3c[nH]c4ccccc34)C(=O)NCC(=O)OC)c(O)c3c(=O)cc(OC)c4c5c(OC)cc(=O)c6c(O)c(OC)c1c(c2c34)c65. The second kappa shape index (κ2) is 28.2. The lowest BCUT2D eigenvalue weighted by Crippen LogP contribution is -2.49. The average Bonchev–Trinajstić information content (AvgIpc) is 1.11. The molecule has 2 heterocycles. The van der Waals surface area contributed by atoms with Crippen LogP contribution in [0, 0.1) is 0 Å². The molecule has 1 aliphatic rings. The summed E-state index contributed by atoms with van der Waals surface area (Å²) in [4.78, 5) is 118. The second-order valence-electron chi connectivity index (χ2n) is 22.9. The number of aromatic hydroxyl groups is 2. The van der Waals surface area contributed by atoms with E-state index in [1.54, 1.807) is 12.4 Å². The molecule has 23 heteroatoms. The number of phenols is 2. The van der Waals surface area contributed by atoms with Crippen molar-refractivity contribution >= 4 is 117 Å². The minimum absolute atomic E-state index is 0.00923. The number of unbranched alkanes of at least 4 members (excludes halogenated alkanes) is 4. The van der Waals surface area contributed by atoms with Gasteiger partial charge < -0.3 is 70.4 Å². The van der Waals surface area contributed by atoms with Gasteiger partial charge in [-0.2, -0.15) is 0 Å². The highest BCUT2D eigenvalue weighted by molar-refractivity contribution is 6.42. The zero-order chi connectivity index (χ0) is 65.5. The van der Waals surface area contributed by atoms with Crippen LogP contribution in [-0.4, -0.2) is 135 Å². The number of methoxy groups -OCH3 is 5. The maximum atomic E-state index is 14.6. The molecule has 0 spiro atoms. The number of aromatic nitrogens is 2. The van der Waals surface area contributed by atoms with Crippen LogP contribution in [0.25, 0.3) is 70.5 Å². The van der Waals surface area contributed by atoms with Crippen LogP contribution in [0.4, 0.5) is 5.69 Å². The van der Waals surface area contributed by atoms with E-state index in [4.69, 9.17) is 28.7 Å². The van der Waals surface area contributed by atoms with Gasteiger partial charge in [-0.3, -0.25) is 43.3 Å². The molecule has 0 saturated carbocycles. The number of aromatic amines is 2. The lowest BCUT2D eigenvalue weighted by Gasteiger charge is -2.25. The highest BCUT2D eigenvalue weighted by Crippen LogP contribution is 2.58. The fourth-order valence-corrected chi connectivity index (χ4v) is 12.9. The number of hydrogen-bond acceptors (Lipinski definition) is 17. The smallest absolute Gasteiger partial charge is 0.325 e. The normalized spacial score (nSPS) is 13.0. The summed E-state index contributed by atoms with van der Waals surface area (Å²) >= 11 is 0. The number of hydrogen-bond donors (Lipinski definition) is 9. The van der Waals surface area contributed by atoms with Gasteiger partial charge in [0.05, 0.1) is 52.0 Å². The molecular formula is C69H74N8O15. The number of carbonyl (C=O) groups is 6. The van der Waals surface area contributed by atoms with Crippen molar-refractivity contribution in [3.8, 4) is 28.7 Å². The maximum absolute atomic E-state index is 14.6. The number of ether oxygens (including phenoxy) is 5. The molecular weight excluding hydrogens is 1180 g/mol. The molecule has 10 rings (SSSR count). The topological polar surface area (TPSA) is 327 Å². The number of allylic oxidation sites excluding steroid dienone is 2. The molecule has 0 fully saturated rings. The van der Waals surface area contributed by atoms with E-state index in [9.17, 15) is 48.6 Å². The van der Waals surface area contributed by atoms with E-state index in [1.165, 1.54) is 47.7 Å². The number of nitrogens with zero attached hydrogens (tertiary/aromatic N) is 1. The summed E-state index contributed by atoms with van der Waals surface area (Å²) in [6.45, 7) is 3.61. The van der Waals surface area contributed by atoms with Crippen molar-refractivity contribution in [3.63, 3.8) is 0 Å². The lowest BCUT2D eigenvalue weighted by molar-refractivity contribution is -0.141. The van der Waals surface area contributed by atoms with E-state index in [1.807, 2.05) is 62.4 Å². The summed E-state index contributed by atoms with van der Waals surface area (Å²) in [5.74, 6) is -3.52. The fourth-order valence-electron chi connectivity index (χ4n) is 12.9. The molecule has 0 bridgehead atoms. The zero-order valence-electron chi connectivity index (χ0n) is 52.3. The number of nitrogens with one attached hydrogen (secondary N) is 7. The van der Waals surface area contributed by atoms with Gasteiger partial charge in [0, 0.05) is 129 Å². The van der Waals surface area contributed by atoms with Crippen LogP contribution >= 0.6 is 0 Å². The Bertz CT molecular complexity index is 4550. The number of para-hydroxylation sites is 2. The third-order valence-electron chi connectivity index (χ3n) is 17.2. The van der Waals surface area contributed by atoms with Crippen LogP contribution in [-0.2, 0) is 57.5 Å². The molecule has 1 aliphatic carbocycles. The highest BCUT2D eigenvalue weighted by Gasteiger charge is 2.36. The summed E-state index contributed by atoms with van der Waals surface area (Å²) in [6, 6.07) is 15.8. The summed E-state index contributed by atoms with van der Waals surface area (Å²) in [5, 5.41) is 43.4. The molecule has 0 unspecified atom stereocenters. The molecule has 9 N–H and O–H groups in total. The standard InChI is InChI=1S/C69H74N8O15/c1-35-26-41-55-60-56(65(84)64(41)71-25-17-9-11-23-51(81)77-45(69(87)75-34-53(83)91-6)28-38-32-73-43-21-15-13-19-40(38)43)46(78)29-48(88-3)58(60)59-49(89-4)30-47(79)57-62(59)61(55)63(67(92-7)66(57)85)54(35)36(2)70-24-16-8-10-22-50(80)76-44(68(86)74-33-52(82)90-5)27-37-31-72-42-20-14-12-18-39(37)42/h12-15,18-21,29-32,44-45,71-73,84-85H,8-11,16-17,22-28,33-34H2,1-7H3,(H,74,86)(H,75,87)(H,76,80)(H,77,81)/t44-,45-/m0/s1. The van der Waals surface area contributed by atoms with Crippen molar-refractivity contribution in [1.29, 1.82) is 0 Å². The van der Waals surface area contributed by atoms with Gasteiger partial charge in [0.25, 0.3) is 0 Å². The highest BCUT2D eigenvalue weighted by atomic mass is 16.5. The van der Waals surface area contributed by atoms with Crippen molar-refractivity contribution in [1.82, 2.24) is 31.2 Å². The number of carbonyl (C=O) groups excluding carboxylic acids is 6. The number of fused-ring (bicyclic) bond motifs is 3. The Morgan fingerprint density at radius 3 is 1.61 bits per heavy atom. The molecule has 7 aromatic carbocycles. The summed E-state index contributed by atoms with van der Waals surface area (Å²) in [6.07, 6.45) is 7.30. The van der Waals surface area contributed by atoms with Crippen LogP contribution in [0.1, 0.15) is 87.5 Å². The van der Waals surface area contributed by atoms with Gasteiger partial charge in [-0.15, -0.1) is 0 Å². The Morgan fingerprint density at radius 2 is 1.10 bits per heavy atom. The first-order valence-electron chi connectivity index (χ1n) is 30.5. The Morgan fingerprint density at radius 1 is 0.598 bits per heavy atom. The second-order valence-corrected chi connectivity index (χ2v) is 22.9. The average molecular weight is 1260 g/mol. The van der Waals surface area contributed by atoms with Crippen LogP contribution in [0.5, 0.6) is 28.7 Å². The van der Waals surface area contributed by atoms with Gasteiger partial charge in [-0.25, -0.2) is 0 Å². The summed E-state index contributed by atoms with van der Waals surface area (Å²) < 4.78 is 27.4. The predicted octanol–water partition coefficient (Wildman–Crippen LogP) is 7.65. The summed E-state index contributed by atoms with van der Waals surface area (Å²) in [7, 11) is 6.66. The molecule has 2 atom stereocenters. The molecule has 92 heavy (non-hydrogen) atoms. The number of rotatable bonds is 29. The Balaban J connectivity index is 0.910. The number of phenolic OH excluding ortho intramolecular Hbond substituents is 2. The first-order valence-corrected chi connectivity index (χ1v) is 30.5. The molecule has 0 aliphatic heterocycles. The van der Waals surface area contributed by atoms with Gasteiger partial charge in [-0.05, 0) is 80.2 Å². The Kier molecular flexibility index (Phi) is 19.8. The van der Waals surface area contributed by atoms with Crippen LogP contribution < -0.4 is 51.7 Å². The molecule has 0 saturated heterocycles. The van der Waals surface area contributed by atoms with Gasteiger partial charge in [-0.1, -0.05) is 54.8 Å². The van der Waals surface area contributed by atoms with Gasteiger partial charge >= 0.3 is 11.9 Å². The van der Waals surface area contributed by atoms with Crippen molar-refractivity contribution in [2.75, 3.05) is 67.0 Å². The summed E-state index contributed by atoms with van der Waals surface area (Å²) in [5.41, 5.74) is 5.39. The maximum Gasteiger partial charge on any atom is 0.325 e. The first-order chi connectivity index (χ1) is 44.4.